The molecule has 1 saturated heterocycles. The van der Waals surface area contributed by atoms with Crippen LogP contribution < -0.4 is 11.1 Å². The molecule has 6 heteroatoms. The summed E-state index contributed by atoms with van der Waals surface area (Å²) in [7, 11) is 0. The molecule has 4 N–H and O–H groups in total. The van der Waals surface area contributed by atoms with Gasteiger partial charge in [-0.15, -0.1) is 0 Å². The minimum Gasteiger partial charge on any atom is -0.398 e. The maximum atomic E-state index is 12.8. The Morgan fingerprint density at radius 3 is 2.53 bits per heavy atom. The van der Waals surface area contributed by atoms with Gasteiger partial charge in [-0.3, -0.25) is 4.79 Å². The van der Waals surface area contributed by atoms with E-state index in [4.69, 9.17) is 16.1 Å². The first-order chi connectivity index (χ1) is 14.7. The molecule has 0 radical (unpaired) electrons. The number of hydrogen-bond donors (Lipinski definition) is 3. The zero-order chi connectivity index (χ0) is 20.7. The van der Waals surface area contributed by atoms with Crippen molar-refractivity contribution in [3.63, 3.8) is 0 Å². The average molecular weight is 399 g/mol. The quantitative estimate of drug-likeness (QED) is 0.466. The molecule has 1 aromatic heterocycles. The van der Waals surface area contributed by atoms with Crippen molar-refractivity contribution >= 4 is 28.7 Å². The van der Waals surface area contributed by atoms with Crippen molar-refractivity contribution in [2.75, 3.05) is 31.9 Å². The van der Waals surface area contributed by atoms with E-state index >= 15 is 0 Å². The van der Waals surface area contributed by atoms with E-state index in [1.54, 1.807) is 0 Å². The fraction of sp³-hybridized carbons (Fsp3) is 0.292. The molecule has 3 aromatic rings. The third-order valence-electron chi connectivity index (χ3n) is 6.25. The minimum absolute atomic E-state index is 0.0887. The van der Waals surface area contributed by atoms with Crippen LogP contribution in [0.25, 0.3) is 22.2 Å². The Morgan fingerprint density at radius 1 is 1.07 bits per heavy atom. The van der Waals surface area contributed by atoms with Crippen molar-refractivity contribution in [2.24, 2.45) is 0 Å². The van der Waals surface area contributed by atoms with Crippen LogP contribution in [0.4, 0.5) is 5.69 Å². The summed E-state index contributed by atoms with van der Waals surface area (Å²) in [6, 6.07) is 11.6. The Bertz CT molecular complexity index is 1150. The molecule has 5 rings (SSSR count). The van der Waals surface area contributed by atoms with Gasteiger partial charge in [-0.1, -0.05) is 12.1 Å². The molecule has 1 aliphatic heterocycles. The molecule has 2 aliphatic rings. The van der Waals surface area contributed by atoms with Crippen molar-refractivity contribution in [3.8, 4) is 11.3 Å². The van der Waals surface area contributed by atoms with Crippen molar-refractivity contribution in [2.45, 2.75) is 19.3 Å². The van der Waals surface area contributed by atoms with Gasteiger partial charge >= 0.3 is 0 Å². The molecular formula is C24H25N5O. The minimum atomic E-state index is 0.0887. The number of nitrogens with two attached hydrogens (primary N) is 1. The highest BCUT2D eigenvalue weighted by Crippen LogP contribution is 2.38. The number of nitrogens with zero attached hydrogens (tertiary/aromatic N) is 2. The van der Waals surface area contributed by atoms with Crippen LogP contribution in [0, 0.1) is 5.41 Å². The van der Waals surface area contributed by atoms with Crippen molar-refractivity contribution < 1.29 is 4.79 Å². The van der Waals surface area contributed by atoms with Gasteiger partial charge in [0.2, 0.25) is 0 Å². The summed E-state index contributed by atoms with van der Waals surface area (Å²) in [5, 5.41) is 12.1. The number of aryl methyl sites for hydroxylation is 1. The fourth-order valence-electron chi connectivity index (χ4n) is 4.72. The van der Waals surface area contributed by atoms with Crippen molar-refractivity contribution in [3.05, 3.63) is 58.7 Å². The lowest BCUT2D eigenvalue weighted by molar-refractivity contribution is 0.0736. The van der Waals surface area contributed by atoms with Gasteiger partial charge < -0.3 is 21.4 Å². The number of nitrogen functional groups attached to an aromatic ring is 1. The number of carbonyl (C=O) groups is 1. The van der Waals surface area contributed by atoms with Gasteiger partial charge in [-0.05, 0) is 54.7 Å². The summed E-state index contributed by atoms with van der Waals surface area (Å²) < 4.78 is 0. The standard InChI is InChI=1S/C24H25N5O/c25-14-19-20(26)8-9-21-22(19)17-2-1-3-18(17)23(28-21)15-4-6-16(7-5-15)24(30)29-12-10-27-11-13-29/h4-9,14,25,27H,1-3,10-13,26H2. The van der Waals surface area contributed by atoms with Gasteiger partial charge in [0.15, 0.2) is 0 Å². The van der Waals surface area contributed by atoms with Crippen LogP contribution in [-0.4, -0.2) is 48.2 Å². The van der Waals surface area contributed by atoms with Crippen molar-refractivity contribution in [1.29, 1.82) is 5.41 Å². The van der Waals surface area contributed by atoms with Gasteiger partial charge in [0.1, 0.15) is 0 Å². The Labute approximate surface area is 175 Å². The van der Waals surface area contributed by atoms with E-state index in [0.717, 1.165) is 78.7 Å². The summed E-state index contributed by atoms with van der Waals surface area (Å²) >= 11 is 0. The number of rotatable bonds is 3. The lowest BCUT2D eigenvalue weighted by atomic mass is 9.95. The summed E-state index contributed by atoms with van der Waals surface area (Å²) in [6.45, 7) is 3.19. The van der Waals surface area contributed by atoms with Gasteiger partial charge in [0, 0.05) is 60.2 Å². The van der Waals surface area contributed by atoms with Crippen LogP contribution in [0.2, 0.25) is 0 Å². The van der Waals surface area contributed by atoms with Crippen LogP contribution in [0.5, 0.6) is 0 Å². The molecule has 0 bridgehead atoms. The first kappa shape index (κ1) is 18.8. The van der Waals surface area contributed by atoms with Crippen LogP contribution in [0.15, 0.2) is 36.4 Å². The molecule has 2 heterocycles. The summed E-state index contributed by atoms with van der Waals surface area (Å²) in [6.07, 6.45) is 4.37. The molecule has 30 heavy (non-hydrogen) atoms. The molecule has 6 nitrogen and oxygen atoms in total. The number of benzene rings is 2. The van der Waals surface area contributed by atoms with E-state index in [1.165, 1.54) is 17.3 Å². The number of nitrogens with one attached hydrogen (secondary N) is 2. The first-order valence-corrected chi connectivity index (χ1v) is 10.5. The third kappa shape index (κ3) is 3.04. The Morgan fingerprint density at radius 2 is 1.80 bits per heavy atom. The van der Waals surface area contributed by atoms with Crippen LogP contribution in [0.1, 0.15) is 33.5 Å². The number of anilines is 1. The van der Waals surface area contributed by atoms with E-state index < -0.39 is 0 Å². The first-order valence-electron chi connectivity index (χ1n) is 10.5. The molecular weight excluding hydrogens is 374 g/mol. The van der Waals surface area contributed by atoms with Gasteiger partial charge in [0.05, 0.1) is 11.2 Å². The van der Waals surface area contributed by atoms with Gasteiger partial charge in [-0.25, -0.2) is 4.98 Å². The fourth-order valence-corrected chi connectivity index (χ4v) is 4.72. The lowest BCUT2D eigenvalue weighted by Crippen LogP contribution is -2.46. The highest BCUT2D eigenvalue weighted by Gasteiger charge is 2.23. The molecule has 0 unspecified atom stereocenters. The monoisotopic (exact) mass is 399 g/mol. The number of piperazine rings is 1. The molecule has 0 atom stereocenters. The molecule has 0 spiro atoms. The Hall–Kier alpha value is -3.25. The van der Waals surface area contributed by atoms with E-state index in [1.807, 2.05) is 41.3 Å². The Balaban J connectivity index is 1.56. The SMILES string of the molecule is N=Cc1c(N)ccc2nc(-c3ccc(C(=O)N4CCNCC4)cc3)c3c(c12)CCC3. The number of carbonyl (C=O) groups excluding carboxylic acids is 1. The van der Waals surface area contributed by atoms with Gasteiger partial charge in [0.25, 0.3) is 5.91 Å². The predicted molar refractivity (Wildman–Crippen MR) is 120 cm³/mol. The molecule has 152 valence electrons. The summed E-state index contributed by atoms with van der Waals surface area (Å²) in [5.74, 6) is 0.0887. The van der Waals surface area contributed by atoms with E-state index in [-0.39, 0.29) is 5.91 Å². The van der Waals surface area contributed by atoms with Crippen LogP contribution in [0.3, 0.4) is 0 Å². The van der Waals surface area contributed by atoms with E-state index in [9.17, 15) is 4.79 Å². The molecule has 1 amide bonds. The zero-order valence-electron chi connectivity index (χ0n) is 16.9. The highest BCUT2D eigenvalue weighted by atomic mass is 16.2. The number of pyridine rings is 1. The van der Waals surface area contributed by atoms with E-state index in [2.05, 4.69) is 5.32 Å². The second kappa shape index (κ2) is 7.54. The maximum absolute atomic E-state index is 12.8. The molecule has 1 fully saturated rings. The second-order valence-electron chi connectivity index (χ2n) is 8.00. The number of amides is 1. The third-order valence-corrected chi connectivity index (χ3v) is 6.25. The lowest BCUT2D eigenvalue weighted by Gasteiger charge is -2.27. The molecule has 2 aromatic carbocycles. The second-order valence-corrected chi connectivity index (χ2v) is 8.00. The average Bonchev–Trinajstić information content (AvgIpc) is 3.29. The number of hydrogen-bond acceptors (Lipinski definition) is 5. The van der Waals surface area contributed by atoms with Crippen LogP contribution >= 0.6 is 0 Å². The number of fused-ring (bicyclic) bond motifs is 3. The smallest absolute Gasteiger partial charge is 0.253 e. The Kier molecular flexibility index (Phi) is 4.71. The van der Waals surface area contributed by atoms with E-state index in [0.29, 0.717) is 5.69 Å². The maximum Gasteiger partial charge on any atom is 0.253 e. The summed E-state index contributed by atoms with van der Waals surface area (Å²) in [5.41, 5.74) is 13.6. The topological polar surface area (TPSA) is 95.1 Å². The molecule has 0 saturated carbocycles. The molecule has 1 aliphatic carbocycles. The van der Waals surface area contributed by atoms with Gasteiger partial charge in [-0.2, -0.15) is 0 Å². The van der Waals surface area contributed by atoms with Crippen LogP contribution in [-0.2, 0) is 12.8 Å². The zero-order valence-corrected chi connectivity index (χ0v) is 16.9. The normalized spacial score (nSPS) is 15.9. The number of aromatic nitrogens is 1. The van der Waals surface area contributed by atoms with Crippen molar-refractivity contribution in [1.82, 2.24) is 15.2 Å². The summed E-state index contributed by atoms with van der Waals surface area (Å²) in [4.78, 5) is 19.6. The largest absolute Gasteiger partial charge is 0.398 e. The predicted octanol–water partition coefficient (Wildman–Crippen LogP) is 3.02. The highest BCUT2D eigenvalue weighted by molar-refractivity contribution is 6.05.